The Labute approximate surface area is 876 Å². The number of carbonyl (C=O) groups is 7. The molecule has 22 saturated heterocycles. The second-order valence-corrected chi connectivity index (χ2v) is 42.2. The molecule has 22 aliphatic heterocycles. The van der Waals surface area contributed by atoms with Gasteiger partial charge in [-0.05, 0) is 152 Å². The van der Waals surface area contributed by atoms with Gasteiger partial charge in [0.25, 0.3) is 0 Å². The number of carbonyl (C=O) groups excluding carboxylic acids is 7. The van der Waals surface area contributed by atoms with Crippen molar-refractivity contribution < 1.29 is 241 Å². The zero-order chi connectivity index (χ0) is 103. The summed E-state index contributed by atoms with van der Waals surface area (Å²) in [4.78, 5) is 77.0. The van der Waals surface area contributed by atoms with Crippen molar-refractivity contribution in [1.29, 1.82) is 0 Å². The number of aliphatic hydroxyl groups is 7. The van der Waals surface area contributed by atoms with Crippen LogP contribution in [0.3, 0.4) is 0 Å². The van der Waals surface area contributed by atoms with E-state index in [9.17, 15) is 59.1 Å². The molecule has 22 aliphatic rings. The predicted octanol–water partition coefficient (Wildman–Crippen LogP) is 7.49. The van der Waals surface area contributed by atoms with E-state index < -0.39 is 109 Å². The fraction of sp³-hybridized carbons (Fsp3) is 0.850. The van der Waals surface area contributed by atoms with Gasteiger partial charge in [0.15, 0.2) is 85.2 Å². The molecule has 0 aliphatic carbocycles. The zero-order valence-electron chi connectivity index (χ0n) is 85.8. The first kappa shape index (κ1) is 118. The van der Waals surface area contributed by atoms with E-state index in [4.69, 9.17) is 138 Å². The van der Waals surface area contributed by atoms with E-state index in [0.717, 1.165) is 69.0 Å². The third-order valence-corrected chi connectivity index (χ3v) is 30.1. The van der Waals surface area contributed by atoms with E-state index in [1.807, 2.05) is 108 Å². The Morgan fingerprint density at radius 2 is 0.692 bits per heavy atom. The summed E-state index contributed by atoms with van der Waals surface area (Å²) in [5.41, 5.74) is 1.16. The van der Waals surface area contributed by atoms with Crippen LogP contribution in [0.15, 0.2) is 46.9 Å². The summed E-state index contributed by atoms with van der Waals surface area (Å²) < 4.78 is 146. The van der Waals surface area contributed by atoms with Gasteiger partial charge in [0.05, 0.1) is 126 Å². The molecule has 41 nitrogen and oxygen atoms in total. The van der Waals surface area contributed by atoms with Crippen molar-refractivity contribution >= 4 is 53.9 Å². The average Bonchev–Trinajstić information content (AvgIpc) is 1.62. The summed E-state index contributed by atoms with van der Waals surface area (Å²) in [7, 11) is 0. The van der Waals surface area contributed by atoms with Crippen molar-refractivity contribution in [3.63, 3.8) is 0 Å². The number of allylic oxidation sites excluding steroid dienone is 1. The number of benzene rings is 1. The third-order valence-electron chi connectivity index (χ3n) is 28.9. The standard InChI is InChI=1S/C14H16O3S.C11H20O3.C11H18O3.2C9H16O4.C8H14O5.2C8H12O4.C8H12O3.C7H10O4.C7H8O4.Ac/c1-2-11-10-8-12(15)17-13(10)14(16-11)18-9-6-4-3-5-7-9;2*1-5-7-8(6-2)12-10-9(7)13-11(3,4)14-10;2*1-4-5-6(10)7-8(11-5)13-9(2,3)12-7;1-8(2)12-6-5(10)4(3-9)11-7(6)13-8;2*1-2-5-4-3-6(9)12-7(4)8(10)11-5;1-2-6-5-3-8(9)11-7(5)4-10-6;2*8-2-5-4-1-7(9)11-6(4)3-10-5;/h3-7,10-11,13-14H,2,8H2,1H3;7-10H,5-6H2,1-4H3;5,8-10H,6H2,1-4H3;2*5-8,10H,4H2,1-3H3;4-7,9-10H,3H2,1-2H3;2*4-5,7-8,10H,2-3H2,1H3;5-7H,2-4H2,1H3;4-6,8H,1-3H2;2,4-6H,1,3H2;/t10-,11-,13?,14?;7-,8-,9-,10-;8-,9-,10-;5-,6?,7-,8-;5-,6+,7-,8-;4-,5+,6-,7-;4-,5-,7?,8?;4-,5-,7-,8?;5-,6-,7+;4-,5-,6+;4-,5?,6?;/m11111111111./s1. The number of hydrogen-bond acceptors (Lipinski definition) is 42. The average molecular weight is 2270 g/mol. The molecule has 1 aromatic rings. The van der Waals surface area contributed by atoms with Crippen LogP contribution in [-0.2, 0) is 161 Å². The van der Waals surface area contributed by atoms with Crippen LogP contribution >= 0.6 is 11.8 Å². The molecule has 0 spiro atoms. The molecule has 1 aromatic carbocycles. The summed E-state index contributed by atoms with van der Waals surface area (Å²) in [5.74, 6) is -2.63. The molecule has 0 bridgehead atoms. The molecule has 0 aromatic heterocycles. The van der Waals surface area contributed by atoms with E-state index in [0.29, 0.717) is 76.3 Å². The third kappa shape index (κ3) is 28.6. The summed E-state index contributed by atoms with van der Waals surface area (Å²) >= 11 is 1.65. The molecule has 8 unspecified atom stereocenters. The molecule has 40 atom stereocenters. The number of esters is 6. The van der Waals surface area contributed by atoms with Gasteiger partial charge in [-0.25, -0.2) is 0 Å². The summed E-state index contributed by atoms with van der Waals surface area (Å²) in [5, 5.41) is 65.4. The Bertz CT molecular complexity index is 4110. The minimum atomic E-state index is -0.911. The van der Waals surface area contributed by atoms with Crippen molar-refractivity contribution in [2.45, 2.75) is 471 Å². The van der Waals surface area contributed by atoms with Gasteiger partial charge in [-0.2, -0.15) is 0 Å². The molecule has 22 fully saturated rings. The predicted molar refractivity (Wildman–Crippen MR) is 491 cm³/mol. The second-order valence-electron chi connectivity index (χ2n) is 41.0. The number of aliphatic hydroxyl groups excluding tert-OH is 7. The first-order valence-corrected chi connectivity index (χ1v) is 51.8. The molecule has 22 heterocycles. The zero-order valence-corrected chi connectivity index (χ0v) is 91.3. The fourth-order valence-corrected chi connectivity index (χ4v) is 23.2. The minimum Gasteiger partial charge on any atom is -0.459 e. The van der Waals surface area contributed by atoms with Gasteiger partial charge in [-0.3, -0.25) is 28.8 Å². The van der Waals surface area contributed by atoms with Gasteiger partial charge in [-0.1, -0.05) is 98.4 Å². The Kier molecular flexibility index (Phi) is 42.2. The Hall–Kier alpha value is -3.88. The van der Waals surface area contributed by atoms with E-state index in [1.54, 1.807) is 25.6 Å². The van der Waals surface area contributed by atoms with Crippen LogP contribution in [0.5, 0.6) is 0 Å². The second kappa shape index (κ2) is 51.2. The van der Waals surface area contributed by atoms with Crippen molar-refractivity contribution in [3.05, 3.63) is 42.0 Å². The first-order valence-electron chi connectivity index (χ1n) is 50.9. The number of thioether (sulfide) groups is 1. The molecule has 7 N–H and O–H groups in total. The topological polar surface area (TPSA) is 510 Å². The van der Waals surface area contributed by atoms with Crippen LogP contribution in [-0.4, -0.2) is 342 Å². The summed E-state index contributed by atoms with van der Waals surface area (Å²) in [6, 6.07) is 10.1. The van der Waals surface area contributed by atoms with Crippen molar-refractivity contribution in [2.75, 3.05) is 33.0 Å². The van der Waals surface area contributed by atoms with Crippen molar-refractivity contribution in [2.24, 2.45) is 41.4 Å². The van der Waals surface area contributed by atoms with Crippen LogP contribution in [0, 0.1) is 85.5 Å². The van der Waals surface area contributed by atoms with E-state index in [-0.39, 0.29) is 238 Å². The van der Waals surface area contributed by atoms with Crippen LogP contribution in [0.2, 0.25) is 0 Å². The van der Waals surface area contributed by atoms with Crippen molar-refractivity contribution in [1.82, 2.24) is 0 Å². The number of rotatable bonds is 14. The van der Waals surface area contributed by atoms with E-state index >= 15 is 0 Å². The molecule has 143 heavy (non-hydrogen) atoms. The van der Waals surface area contributed by atoms with Crippen molar-refractivity contribution in [3.8, 4) is 0 Å². The van der Waals surface area contributed by atoms with Gasteiger partial charge in [-0.15, -0.1) is 0 Å². The molecule has 0 amide bonds. The maximum atomic E-state index is 11.4. The van der Waals surface area contributed by atoms with Gasteiger partial charge in [0, 0.05) is 90.4 Å². The maximum Gasteiger partial charge on any atom is 0.306 e. The fourth-order valence-electron chi connectivity index (χ4n) is 22.0. The largest absolute Gasteiger partial charge is 0.459 e. The SMILES string of the molecule is CC1(C)O[C@H]2O[C@H](CO)[C@H](O)[C@H]2O1.CC=C1[C@H]2OC(C)(C)O[C@H]2O[C@@H]1CC.CC[C@H]1OC(O)C2OC(=O)C[C@@H]21.CC[C@H]1OC(O)[C@@H]2OC(=O)C[C@H]12.CC[C@H]1OC(Sc2ccccc2)C2OC(=O)C[C@@H]21.CC[C@H]1OC[C@@H]2OC(=O)C[C@@H]21.CC[C@H]1O[C@@H]2OC(C)(C)O[C@@H]2C1O.CC[C@H]1O[C@@H]2OC(C)(C)O[C@@H]2[C@H]1O.CC[C@H]1[C@H]2OC(C)(C)O[C@H]2O[C@@H]1CC.O=C1C[C@H]2[C@H](CO[C@@H]2CO)O1.O=CC1OCC2OC(=O)C[C@H]12.[Ac]. The van der Waals surface area contributed by atoms with Gasteiger partial charge in [0.2, 0.25) is 0 Å². The first-order chi connectivity index (χ1) is 67.4. The molecule has 0 saturated carbocycles. The molecule has 43 heteroatoms. The number of ether oxygens (including phenoxy) is 27. The smallest absolute Gasteiger partial charge is 0.306 e. The minimum absolute atomic E-state index is 0. The van der Waals surface area contributed by atoms with Gasteiger partial charge >= 0.3 is 35.8 Å². The summed E-state index contributed by atoms with van der Waals surface area (Å²) in [6.45, 7) is 40.3. The number of aldehydes is 1. The summed E-state index contributed by atoms with van der Waals surface area (Å²) in [6.07, 6.45) is 5.45. The number of fused-ring (bicyclic) bond motifs is 11. The van der Waals surface area contributed by atoms with Crippen LogP contribution in [0.1, 0.15) is 235 Å². The molecular formula is C100H154AcO41S. The van der Waals surface area contributed by atoms with Crippen LogP contribution < -0.4 is 0 Å². The Morgan fingerprint density at radius 1 is 0.343 bits per heavy atom. The molecule has 23 rings (SSSR count). The van der Waals surface area contributed by atoms with Gasteiger partial charge < -0.3 is 168 Å². The van der Waals surface area contributed by atoms with Crippen LogP contribution in [0.4, 0.5) is 0 Å². The Morgan fingerprint density at radius 3 is 1.11 bits per heavy atom. The van der Waals surface area contributed by atoms with E-state index in [2.05, 4.69) is 52.8 Å². The van der Waals surface area contributed by atoms with Crippen LogP contribution in [0.25, 0.3) is 0 Å². The molecule has 1 radical (unpaired) electrons. The van der Waals surface area contributed by atoms with Gasteiger partial charge in [0.1, 0.15) is 97.2 Å². The maximum absolute atomic E-state index is 11.4. The number of hydrogen-bond donors (Lipinski definition) is 7. The normalized spacial score (nSPS) is 43.5. The molecule has 809 valence electrons. The monoisotopic (exact) mass is 2270 g/mol. The molecular weight excluding hydrogens is 2120 g/mol. The Balaban J connectivity index is 0.000000141. The van der Waals surface area contributed by atoms with E-state index in [1.165, 1.54) is 5.57 Å². The quantitative estimate of drug-likeness (QED) is 0.0410.